The lowest BCUT2D eigenvalue weighted by molar-refractivity contribution is -0.117. The standard InChI is InChI=1S/C12H12N4O3/c13-8-1-3-9(4-2-8)14-11(18)7-16-12(19)6-5-10(17)15-16/h1-6H,7,13H2,(H,14,18)(H,15,17). The Hall–Kier alpha value is -2.83. The normalized spacial score (nSPS) is 10.1. The van der Waals surface area contributed by atoms with Gasteiger partial charge in [-0.1, -0.05) is 0 Å². The van der Waals surface area contributed by atoms with Crippen molar-refractivity contribution in [3.8, 4) is 0 Å². The summed E-state index contributed by atoms with van der Waals surface area (Å²) in [4.78, 5) is 34.2. The highest BCUT2D eigenvalue weighted by Crippen LogP contribution is 2.10. The average molecular weight is 260 g/mol. The van der Waals surface area contributed by atoms with Gasteiger partial charge in [-0.25, -0.2) is 4.68 Å². The van der Waals surface area contributed by atoms with Crippen LogP contribution in [0.15, 0.2) is 46.0 Å². The van der Waals surface area contributed by atoms with Gasteiger partial charge in [0.05, 0.1) is 0 Å². The summed E-state index contributed by atoms with van der Waals surface area (Å²) in [6.07, 6.45) is 0. The Morgan fingerprint density at radius 1 is 1.16 bits per heavy atom. The average Bonchev–Trinajstić information content (AvgIpc) is 2.37. The van der Waals surface area contributed by atoms with E-state index in [-0.39, 0.29) is 6.54 Å². The summed E-state index contributed by atoms with van der Waals surface area (Å²) in [5.41, 5.74) is 5.77. The predicted octanol–water partition coefficient (Wildman–Crippen LogP) is -0.243. The van der Waals surface area contributed by atoms with Crippen molar-refractivity contribution in [1.29, 1.82) is 0 Å². The molecule has 1 heterocycles. The number of anilines is 2. The molecule has 0 unspecified atom stereocenters. The molecule has 1 aromatic carbocycles. The summed E-state index contributed by atoms with van der Waals surface area (Å²) in [5.74, 6) is -0.422. The minimum atomic E-state index is -0.452. The number of nitrogens with two attached hydrogens (primary N) is 1. The van der Waals surface area contributed by atoms with Gasteiger partial charge in [-0.2, -0.15) is 0 Å². The van der Waals surface area contributed by atoms with Gasteiger partial charge in [-0.05, 0) is 24.3 Å². The molecule has 7 heteroatoms. The molecule has 0 atom stereocenters. The van der Waals surface area contributed by atoms with Crippen LogP contribution in [-0.4, -0.2) is 15.7 Å². The molecule has 0 saturated carbocycles. The molecule has 0 radical (unpaired) electrons. The molecule has 98 valence electrons. The fraction of sp³-hybridized carbons (Fsp3) is 0.0833. The Morgan fingerprint density at radius 2 is 1.84 bits per heavy atom. The summed E-state index contributed by atoms with van der Waals surface area (Å²) >= 11 is 0. The molecule has 0 fully saturated rings. The molecule has 0 aliphatic heterocycles. The molecule has 0 spiro atoms. The van der Waals surface area contributed by atoms with Gasteiger partial charge in [0.15, 0.2) is 0 Å². The van der Waals surface area contributed by atoms with Crippen molar-refractivity contribution < 1.29 is 4.79 Å². The molecular formula is C12H12N4O3. The van der Waals surface area contributed by atoms with E-state index in [0.29, 0.717) is 11.4 Å². The number of nitrogens with one attached hydrogen (secondary N) is 2. The first kappa shape index (κ1) is 12.6. The number of nitrogens with zero attached hydrogens (tertiary/aromatic N) is 1. The number of hydrogen-bond acceptors (Lipinski definition) is 4. The molecule has 1 amide bonds. The van der Waals surface area contributed by atoms with Crippen LogP contribution < -0.4 is 22.2 Å². The highest BCUT2D eigenvalue weighted by atomic mass is 16.2. The molecular weight excluding hydrogens is 248 g/mol. The van der Waals surface area contributed by atoms with Gasteiger partial charge in [0.2, 0.25) is 5.91 Å². The molecule has 0 aliphatic carbocycles. The maximum absolute atomic E-state index is 11.7. The van der Waals surface area contributed by atoms with Gasteiger partial charge in [0.1, 0.15) is 6.54 Å². The smallest absolute Gasteiger partial charge is 0.265 e. The number of amides is 1. The van der Waals surface area contributed by atoms with Crippen molar-refractivity contribution >= 4 is 17.3 Å². The monoisotopic (exact) mass is 260 g/mol. The van der Waals surface area contributed by atoms with Gasteiger partial charge in [0.25, 0.3) is 11.1 Å². The first-order chi connectivity index (χ1) is 9.04. The van der Waals surface area contributed by atoms with Crippen LogP contribution >= 0.6 is 0 Å². The predicted molar refractivity (Wildman–Crippen MR) is 70.8 cm³/mol. The van der Waals surface area contributed by atoms with E-state index in [1.807, 2.05) is 0 Å². The number of rotatable bonds is 3. The lowest BCUT2D eigenvalue weighted by atomic mass is 10.3. The van der Waals surface area contributed by atoms with Crippen molar-refractivity contribution in [3.05, 3.63) is 57.1 Å². The van der Waals surface area contributed by atoms with E-state index < -0.39 is 17.0 Å². The van der Waals surface area contributed by atoms with Crippen LogP contribution in [0.2, 0.25) is 0 Å². The summed E-state index contributed by atoms with van der Waals surface area (Å²) in [6, 6.07) is 8.79. The summed E-state index contributed by atoms with van der Waals surface area (Å²) in [7, 11) is 0. The summed E-state index contributed by atoms with van der Waals surface area (Å²) < 4.78 is 0.939. The third kappa shape index (κ3) is 3.32. The fourth-order valence-electron chi connectivity index (χ4n) is 1.49. The third-order valence-electron chi connectivity index (χ3n) is 2.38. The number of nitrogen functional groups attached to an aromatic ring is 1. The molecule has 19 heavy (non-hydrogen) atoms. The van der Waals surface area contributed by atoms with Crippen LogP contribution in [0.5, 0.6) is 0 Å². The first-order valence-corrected chi connectivity index (χ1v) is 5.50. The zero-order chi connectivity index (χ0) is 13.8. The molecule has 2 rings (SSSR count). The minimum Gasteiger partial charge on any atom is -0.399 e. The van der Waals surface area contributed by atoms with E-state index in [1.165, 1.54) is 0 Å². The van der Waals surface area contributed by atoms with Crippen LogP contribution in [0, 0.1) is 0 Å². The lowest BCUT2D eigenvalue weighted by Gasteiger charge is -2.07. The second-order valence-corrected chi connectivity index (χ2v) is 3.90. The molecule has 1 aromatic heterocycles. The second kappa shape index (κ2) is 5.21. The van der Waals surface area contributed by atoms with Crippen LogP contribution in [0.25, 0.3) is 0 Å². The number of hydrogen-bond donors (Lipinski definition) is 3. The topological polar surface area (TPSA) is 110 Å². The molecule has 4 N–H and O–H groups in total. The van der Waals surface area contributed by atoms with E-state index >= 15 is 0 Å². The lowest BCUT2D eigenvalue weighted by Crippen LogP contribution is -2.32. The highest BCUT2D eigenvalue weighted by molar-refractivity contribution is 5.90. The highest BCUT2D eigenvalue weighted by Gasteiger charge is 2.05. The maximum Gasteiger partial charge on any atom is 0.265 e. The molecule has 7 nitrogen and oxygen atoms in total. The van der Waals surface area contributed by atoms with Gasteiger partial charge in [-0.3, -0.25) is 19.5 Å². The minimum absolute atomic E-state index is 0.265. The largest absolute Gasteiger partial charge is 0.399 e. The van der Waals surface area contributed by atoms with Gasteiger partial charge < -0.3 is 11.1 Å². The van der Waals surface area contributed by atoms with Crippen LogP contribution in [0.1, 0.15) is 0 Å². The van der Waals surface area contributed by atoms with Crippen molar-refractivity contribution in [1.82, 2.24) is 9.78 Å². The van der Waals surface area contributed by atoms with Crippen LogP contribution in [-0.2, 0) is 11.3 Å². The summed E-state index contributed by atoms with van der Waals surface area (Å²) in [6.45, 7) is -0.265. The van der Waals surface area contributed by atoms with Crippen molar-refractivity contribution in [2.45, 2.75) is 6.54 Å². The van der Waals surface area contributed by atoms with E-state index in [0.717, 1.165) is 16.8 Å². The zero-order valence-electron chi connectivity index (χ0n) is 9.92. The number of carbonyl (C=O) groups is 1. The Morgan fingerprint density at radius 3 is 2.53 bits per heavy atom. The zero-order valence-corrected chi connectivity index (χ0v) is 9.92. The first-order valence-electron chi connectivity index (χ1n) is 5.50. The van der Waals surface area contributed by atoms with Crippen LogP contribution in [0.4, 0.5) is 11.4 Å². The van der Waals surface area contributed by atoms with Crippen molar-refractivity contribution in [2.24, 2.45) is 0 Å². The van der Waals surface area contributed by atoms with E-state index in [9.17, 15) is 14.4 Å². The third-order valence-corrected chi connectivity index (χ3v) is 2.38. The molecule has 2 aromatic rings. The SMILES string of the molecule is Nc1ccc(NC(=O)Cn2[nH]c(=O)ccc2=O)cc1. The molecule has 0 saturated heterocycles. The second-order valence-electron chi connectivity index (χ2n) is 3.90. The Bertz CT molecular complexity index is 700. The Balaban J connectivity index is 2.09. The van der Waals surface area contributed by atoms with Gasteiger partial charge in [0, 0.05) is 23.5 Å². The number of aromatic nitrogens is 2. The van der Waals surface area contributed by atoms with E-state index in [2.05, 4.69) is 10.4 Å². The maximum atomic E-state index is 11.7. The summed E-state index contributed by atoms with van der Waals surface area (Å²) in [5, 5.41) is 4.86. The molecule has 0 bridgehead atoms. The van der Waals surface area contributed by atoms with Gasteiger partial charge in [-0.15, -0.1) is 0 Å². The number of aromatic amines is 1. The van der Waals surface area contributed by atoms with Crippen molar-refractivity contribution in [2.75, 3.05) is 11.1 Å². The number of benzene rings is 1. The fourth-order valence-corrected chi connectivity index (χ4v) is 1.49. The number of H-pyrrole nitrogens is 1. The number of carbonyl (C=O) groups excluding carboxylic acids is 1. The van der Waals surface area contributed by atoms with E-state index in [1.54, 1.807) is 24.3 Å². The quantitative estimate of drug-likeness (QED) is 0.661. The molecule has 0 aliphatic rings. The Kier molecular flexibility index (Phi) is 3.46. The Labute approximate surface area is 107 Å². The van der Waals surface area contributed by atoms with Crippen LogP contribution in [0.3, 0.4) is 0 Å². The van der Waals surface area contributed by atoms with E-state index in [4.69, 9.17) is 5.73 Å². The van der Waals surface area contributed by atoms with Crippen molar-refractivity contribution in [3.63, 3.8) is 0 Å². The van der Waals surface area contributed by atoms with Gasteiger partial charge >= 0.3 is 0 Å².